The Bertz CT molecular complexity index is 558. The van der Waals surface area contributed by atoms with Crippen LogP contribution in [0.1, 0.15) is 30.1 Å². The molecule has 7 nitrogen and oxygen atoms in total. The number of nitrogens with one attached hydrogen (secondary N) is 2. The van der Waals surface area contributed by atoms with E-state index in [-0.39, 0.29) is 21.8 Å². The molecule has 1 fully saturated rings. The molecule has 21 heavy (non-hydrogen) atoms. The summed E-state index contributed by atoms with van der Waals surface area (Å²) in [5, 5.41) is 17.0. The van der Waals surface area contributed by atoms with Crippen molar-refractivity contribution in [2.24, 2.45) is 5.41 Å². The van der Waals surface area contributed by atoms with Crippen molar-refractivity contribution in [3.63, 3.8) is 0 Å². The summed E-state index contributed by atoms with van der Waals surface area (Å²) in [5.41, 5.74) is -0.448. The second-order valence-corrected chi connectivity index (χ2v) is 5.94. The van der Waals surface area contributed by atoms with Gasteiger partial charge in [0.25, 0.3) is 11.6 Å². The summed E-state index contributed by atoms with van der Waals surface area (Å²) in [5.74, 6) is -0.502. The molecule has 2 rings (SSSR count). The topological polar surface area (TPSA) is 97.2 Å². The Morgan fingerprint density at radius 1 is 1.67 bits per heavy atom. The van der Waals surface area contributed by atoms with Crippen LogP contribution in [0.15, 0.2) is 12.3 Å². The molecule has 1 aliphatic heterocycles. The van der Waals surface area contributed by atoms with Gasteiger partial charge in [0.2, 0.25) is 0 Å². The third-order valence-electron chi connectivity index (χ3n) is 3.65. The number of carbonyl (C=O) groups is 1. The molecule has 1 aromatic rings. The molecule has 2 N–H and O–H groups in total. The van der Waals surface area contributed by atoms with Crippen molar-refractivity contribution in [1.82, 2.24) is 15.6 Å². The van der Waals surface area contributed by atoms with Crippen LogP contribution in [0.2, 0.25) is 5.15 Å². The number of hydrogen-bond acceptors (Lipinski definition) is 5. The molecule has 2 heterocycles. The SMILES string of the molecule is CC1(CNC(=O)c2cc(Cl)ncc2[N+](=O)[O-])CCCNC1. The van der Waals surface area contributed by atoms with Gasteiger partial charge in [-0.2, -0.15) is 0 Å². The average molecular weight is 313 g/mol. The predicted molar refractivity (Wildman–Crippen MR) is 78.4 cm³/mol. The molecule has 0 spiro atoms. The van der Waals surface area contributed by atoms with Gasteiger partial charge in [-0.3, -0.25) is 14.9 Å². The predicted octanol–water partition coefficient (Wildman–Crippen LogP) is 1.76. The average Bonchev–Trinajstić information content (AvgIpc) is 2.45. The summed E-state index contributed by atoms with van der Waals surface area (Å²) in [6.45, 7) is 4.32. The highest BCUT2D eigenvalue weighted by molar-refractivity contribution is 6.29. The maximum Gasteiger partial charge on any atom is 0.300 e. The van der Waals surface area contributed by atoms with Crippen LogP contribution in [0.25, 0.3) is 0 Å². The normalized spacial score (nSPS) is 21.8. The van der Waals surface area contributed by atoms with Crippen molar-refractivity contribution >= 4 is 23.2 Å². The van der Waals surface area contributed by atoms with Crippen LogP contribution in [0.4, 0.5) is 5.69 Å². The molecule has 1 aliphatic rings. The van der Waals surface area contributed by atoms with E-state index in [1.165, 1.54) is 6.07 Å². The fourth-order valence-corrected chi connectivity index (χ4v) is 2.57. The van der Waals surface area contributed by atoms with Crippen LogP contribution in [0.3, 0.4) is 0 Å². The zero-order valence-electron chi connectivity index (χ0n) is 11.7. The lowest BCUT2D eigenvalue weighted by Crippen LogP contribution is -2.45. The van der Waals surface area contributed by atoms with Gasteiger partial charge in [0.05, 0.1) is 4.92 Å². The zero-order valence-corrected chi connectivity index (χ0v) is 12.4. The number of piperidine rings is 1. The summed E-state index contributed by atoms with van der Waals surface area (Å²) >= 11 is 5.72. The fourth-order valence-electron chi connectivity index (χ4n) is 2.41. The van der Waals surface area contributed by atoms with Crippen molar-refractivity contribution < 1.29 is 9.72 Å². The van der Waals surface area contributed by atoms with Crippen LogP contribution in [0, 0.1) is 15.5 Å². The first-order chi connectivity index (χ1) is 9.91. The first-order valence-electron chi connectivity index (χ1n) is 6.70. The first-order valence-corrected chi connectivity index (χ1v) is 7.08. The molecule has 0 aliphatic carbocycles. The van der Waals surface area contributed by atoms with Gasteiger partial charge in [-0.25, -0.2) is 4.98 Å². The molecule has 0 saturated carbocycles. The van der Waals surface area contributed by atoms with Crippen molar-refractivity contribution in [2.45, 2.75) is 19.8 Å². The standard InChI is InChI=1S/C13H17ClN4O3/c1-13(3-2-4-15-7-13)8-17-12(19)9-5-11(14)16-6-10(9)18(20)21/h5-6,15H,2-4,7-8H2,1H3,(H,17,19). The Hall–Kier alpha value is -1.73. The third-order valence-corrected chi connectivity index (χ3v) is 3.86. The van der Waals surface area contributed by atoms with Gasteiger partial charge in [0.1, 0.15) is 16.9 Å². The van der Waals surface area contributed by atoms with Crippen LogP contribution in [0.5, 0.6) is 0 Å². The van der Waals surface area contributed by atoms with E-state index in [0.29, 0.717) is 6.54 Å². The van der Waals surface area contributed by atoms with Gasteiger partial charge in [0.15, 0.2) is 0 Å². The Labute approximate surface area is 127 Å². The van der Waals surface area contributed by atoms with Gasteiger partial charge in [0, 0.05) is 13.1 Å². The van der Waals surface area contributed by atoms with Crippen molar-refractivity contribution in [2.75, 3.05) is 19.6 Å². The second-order valence-electron chi connectivity index (χ2n) is 5.55. The molecule has 1 saturated heterocycles. The van der Waals surface area contributed by atoms with Gasteiger partial charge in [-0.15, -0.1) is 0 Å². The highest BCUT2D eigenvalue weighted by Gasteiger charge is 2.28. The number of nitro groups is 1. The molecule has 0 radical (unpaired) electrons. The number of rotatable bonds is 4. The number of pyridine rings is 1. The molecule has 1 atom stereocenters. The van der Waals surface area contributed by atoms with Crippen molar-refractivity contribution in [1.29, 1.82) is 0 Å². The molecule has 1 unspecified atom stereocenters. The summed E-state index contributed by atoms with van der Waals surface area (Å²) < 4.78 is 0. The molecule has 1 amide bonds. The lowest BCUT2D eigenvalue weighted by atomic mass is 9.83. The lowest BCUT2D eigenvalue weighted by Gasteiger charge is -2.34. The van der Waals surface area contributed by atoms with E-state index in [0.717, 1.165) is 32.1 Å². The second kappa shape index (κ2) is 6.36. The first kappa shape index (κ1) is 15.7. The van der Waals surface area contributed by atoms with E-state index in [2.05, 4.69) is 22.5 Å². The molecule has 0 aromatic carbocycles. The maximum atomic E-state index is 12.2. The molecular formula is C13H17ClN4O3. The summed E-state index contributed by atoms with van der Waals surface area (Å²) in [7, 11) is 0. The van der Waals surface area contributed by atoms with Crippen LogP contribution in [-0.2, 0) is 0 Å². The quantitative estimate of drug-likeness (QED) is 0.501. The van der Waals surface area contributed by atoms with E-state index < -0.39 is 10.8 Å². The Kier molecular flexibility index (Phi) is 4.74. The van der Waals surface area contributed by atoms with Gasteiger partial charge in [-0.05, 0) is 30.9 Å². The lowest BCUT2D eigenvalue weighted by molar-refractivity contribution is -0.385. The van der Waals surface area contributed by atoms with Crippen LogP contribution >= 0.6 is 11.6 Å². The van der Waals surface area contributed by atoms with E-state index in [1.807, 2.05) is 0 Å². The van der Waals surface area contributed by atoms with Crippen molar-refractivity contribution in [3.8, 4) is 0 Å². The number of amides is 1. The number of halogens is 1. The minimum Gasteiger partial charge on any atom is -0.351 e. The van der Waals surface area contributed by atoms with E-state index >= 15 is 0 Å². The summed E-state index contributed by atoms with van der Waals surface area (Å²) in [4.78, 5) is 26.1. The van der Waals surface area contributed by atoms with E-state index in [9.17, 15) is 14.9 Å². The third kappa shape index (κ3) is 3.89. The number of aromatic nitrogens is 1. The van der Waals surface area contributed by atoms with E-state index in [1.54, 1.807) is 0 Å². The Balaban J connectivity index is 2.09. The molecule has 114 valence electrons. The molecular weight excluding hydrogens is 296 g/mol. The molecule has 0 bridgehead atoms. The van der Waals surface area contributed by atoms with Crippen LogP contribution < -0.4 is 10.6 Å². The Morgan fingerprint density at radius 3 is 3.05 bits per heavy atom. The Morgan fingerprint density at radius 2 is 2.43 bits per heavy atom. The van der Waals surface area contributed by atoms with Gasteiger partial charge >= 0.3 is 0 Å². The minimum atomic E-state index is -0.637. The maximum absolute atomic E-state index is 12.2. The molecule has 8 heteroatoms. The summed E-state index contributed by atoms with van der Waals surface area (Å²) in [6.07, 6.45) is 3.05. The van der Waals surface area contributed by atoms with Crippen molar-refractivity contribution in [3.05, 3.63) is 33.1 Å². The number of carbonyl (C=O) groups excluding carboxylic acids is 1. The molecule has 1 aromatic heterocycles. The van der Waals surface area contributed by atoms with Gasteiger partial charge in [-0.1, -0.05) is 18.5 Å². The number of hydrogen-bond donors (Lipinski definition) is 2. The number of nitrogens with zero attached hydrogens (tertiary/aromatic N) is 2. The van der Waals surface area contributed by atoms with Crippen LogP contribution in [-0.4, -0.2) is 35.4 Å². The monoisotopic (exact) mass is 312 g/mol. The minimum absolute atomic E-state index is 0.0421. The smallest absolute Gasteiger partial charge is 0.300 e. The largest absolute Gasteiger partial charge is 0.351 e. The van der Waals surface area contributed by atoms with E-state index in [4.69, 9.17) is 11.6 Å². The highest BCUT2D eigenvalue weighted by Crippen LogP contribution is 2.25. The fraction of sp³-hybridized carbons (Fsp3) is 0.538. The summed E-state index contributed by atoms with van der Waals surface area (Å²) in [6, 6.07) is 1.22. The van der Waals surface area contributed by atoms with Gasteiger partial charge < -0.3 is 10.6 Å². The highest BCUT2D eigenvalue weighted by atomic mass is 35.5. The zero-order chi connectivity index (χ0) is 15.5.